The van der Waals surface area contributed by atoms with Gasteiger partial charge in [0.1, 0.15) is 0 Å². The van der Waals surface area contributed by atoms with Crippen LogP contribution in [0, 0.1) is 0 Å². The van der Waals surface area contributed by atoms with Gasteiger partial charge in [-0.3, -0.25) is 9.59 Å². The van der Waals surface area contributed by atoms with Gasteiger partial charge in [-0.05, 0) is 25.0 Å². The van der Waals surface area contributed by atoms with Gasteiger partial charge in [-0.1, -0.05) is 61.9 Å². The van der Waals surface area contributed by atoms with E-state index in [-0.39, 0.29) is 11.3 Å². The molecule has 0 aliphatic rings. The molecule has 0 aliphatic carbocycles. The van der Waals surface area contributed by atoms with Gasteiger partial charge >= 0.3 is 0 Å². The second-order valence-electron chi connectivity index (χ2n) is 6.13. The minimum atomic E-state index is -0.432. The zero-order valence-electron chi connectivity index (χ0n) is 15.5. The van der Waals surface area contributed by atoms with Crippen LogP contribution in [0.25, 0.3) is 10.8 Å². The Hall–Kier alpha value is -3.28. The molecule has 0 radical (unpaired) electrons. The number of carbonyl (C=O) groups excluding carboxylic acids is 1. The van der Waals surface area contributed by atoms with E-state index in [4.69, 9.17) is 0 Å². The number of aryl methyl sites for hydroxylation is 1. The third kappa shape index (κ3) is 3.95. The standard InChI is InChI=1S/C21H22N4O2/c1-3-10-18(15-11-6-5-7-12-15)22-23-20(26)19-16-13-8-9-14-17(16)21(27)25(4-2)24-19/h5-9,11-14H,3-4,10H2,1-2H3,(H,23,26)/b22-18-. The summed E-state index contributed by atoms with van der Waals surface area (Å²) in [6.07, 6.45) is 1.65. The molecule has 1 aromatic heterocycles. The van der Waals surface area contributed by atoms with Crippen molar-refractivity contribution in [2.75, 3.05) is 0 Å². The first-order valence-electron chi connectivity index (χ1n) is 9.07. The van der Waals surface area contributed by atoms with E-state index in [1.807, 2.05) is 37.3 Å². The number of fused-ring (bicyclic) bond motifs is 1. The molecule has 27 heavy (non-hydrogen) atoms. The van der Waals surface area contributed by atoms with Gasteiger partial charge in [-0.15, -0.1) is 0 Å². The van der Waals surface area contributed by atoms with Gasteiger partial charge in [-0.25, -0.2) is 10.1 Å². The number of hydrogen-bond acceptors (Lipinski definition) is 4. The molecule has 0 aliphatic heterocycles. The highest BCUT2D eigenvalue weighted by atomic mass is 16.2. The summed E-state index contributed by atoms with van der Waals surface area (Å²) in [6.45, 7) is 4.27. The third-order valence-electron chi connectivity index (χ3n) is 4.27. The quantitative estimate of drug-likeness (QED) is 0.540. The normalized spacial score (nSPS) is 11.6. The number of carbonyl (C=O) groups is 1. The van der Waals surface area contributed by atoms with Crippen LogP contribution in [-0.2, 0) is 6.54 Å². The van der Waals surface area contributed by atoms with Crippen LogP contribution >= 0.6 is 0 Å². The molecular weight excluding hydrogens is 340 g/mol. The average Bonchev–Trinajstić information content (AvgIpc) is 2.72. The van der Waals surface area contributed by atoms with E-state index in [9.17, 15) is 9.59 Å². The van der Waals surface area contributed by atoms with Crippen LogP contribution < -0.4 is 11.0 Å². The zero-order valence-corrected chi connectivity index (χ0v) is 15.5. The lowest BCUT2D eigenvalue weighted by Crippen LogP contribution is -2.29. The first kappa shape index (κ1) is 18.5. The molecule has 0 saturated carbocycles. The van der Waals surface area contributed by atoms with Crippen LogP contribution in [0.5, 0.6) is 0 Å². The van der Waals surface area contributed by atoms with Gasteiger partial charge in [0.25, 0.3) is 11.5 Å². The highest BCUT2D eigenvalue weighted by molar-refractivity contribution is 6.06. The molecule has 6 heteroatoms. The van der Waals surface area contributed by atoms with E-state index in [2.05, 4.69) is 22.5 Å². The summed E-state index contributed by atoms with van der Waals surface area (Å²) in [7, 11) is 0. The fraction of sp³-hybridized carbons (Fsp3) is 0.238. The predicted molar refractivity (Wildman–Crippen MR) is 107 cm³/mol. The van der Waals surface area contributed by atoms with Gasteiger partial charge in [0, 0.05) is 11.9 Å². The SMILES string of the molecule is CCC/C(=N/NC(=O)c1nn(CC)c(=O)c2ccccc12)c1ccccc1. The fourth-order valence-corrected chi connectivity index (χ4v) is 2.92. The van der Waals surface area contributed by atoms with Crippen molar-refractivity contribution in [2.45, 2.75) is 33.2 Å². The van der Waals surface area contributed by atoms with Crippen molar-refractivity contribution in [3.8, 4) is 0 Å². The van der Waals surface area contributed by atoms with Crippen LogP contribution in [0.15, 0.2) is 64.5 Å². The first-order chi connectivity index (χ1) is 13.2. The first-order valence-corrected chi connectivity index (χ1v) is 9.07. The van der Waals surface area contributed by atoms with Crippen molar-refractivity contribution < 1.29 is 4.79 Å². The second-order valence-corrected chi connectivity index (χ2v) is 6.13. The molecule has 0 spiro atoms. The molecule has 1 amide bonds. The number of nitrogens with zero attached hydrogens (tertiary/aromatic N) is 3. The Morgan fingerprint density at radius 3 is 2.37 bits per heavy atom. The van der Waals surface area contributed by atoms with Gasteiger partial charge in [0.15, 0.2) is 5.69 Å². The Labute approximate surface area is 157 Å². The molecule has 0 atom stereocenters. The van der Waals surface area contributed by atoms with E-state index in [0.717, 1.165) is 24.1 Å². The summed E-state index contributed by atoms with van der Waals surface area (Å²) in [5.74, 6) is -0.432. The largest absolute Gasteiger partial charge is 0.292 e. The molecule has 0 unspecified atom stereocenters. The summed E-state index contributed by atoms with van der Waals surface area (Å²) in [6, 6.07) is 16.7. The maximum absolute atomic E-state index is 12.8. The molecule has 0 bridgehead atoms. The number of hydrogen-bond donors (Lipinski definition) is 1. The lowest BCUT2D eigenvalue weighted by molar-refractivity contribution is 0.0949. The van der Waals surface area contributed by atoms with Gasteiger partial charge in [0.05, 0.1) is 11.1 Å². The topological polar surface area (TPSA) is 76.3 Å². The van der Waals surface area contributed by atoms with Crippen LogP contribution in [0.3, 0.4) is 0 Å². The van der Waals surface area contributed by atoms with Crippen LogP contribution in [0.1, 0.15) is 42.7 Å². The predicted octanol–water partition coefficient (Wildman–Crippen LogP) is 3.35. The number of amides is 1. The Bertz CT molecular complexity index is 1040. The summed E-state index contributed by atoms with van der Waals surface area (Å²) in [5, 5.41) is 9.57. The number of hydrazone groups is 1. The number of rotatable bonds is 6. The molecule has 2 aromatic carbocycles. The smallest absolute Gasteiger partial charge is 0.267 e. The van der Waals surface area contributed by atoms with Crippen molar-refractivity contribution in [2.24, 2.45) is 5.10 Å². The van der Waals surface area contributed by atoms with E-state index in [1.54, 1.807) is 24.3 Å². The van der Waals surface area contributed by atoms with Crippen molar-refractivity contribution in [3.63, 3.8) is 0 Å². The Balaban J connectivity index is 1.98. The number of nitrogens with one attached hydrogen (secondary N) is 1. The van der Waals surface area contributed by atoms with E-state index in [0.29, 0.717) is 17.3 Å². The van der Waals surface area contributed by atoms with Gasteiger partial charge in [-0.2, -0.15) is 10.2 Å². The Morgan fingerprint density at radius 1 is 1.04 bits per heavy atom. The van der Waals surface area contributed by atoms with E-state index >= 15 is 0 Å². The molecule has 3 aromatic rings. The van der Waals surface area contributed by atoms with E-state index in [1.165, 1.54) is 4.68 Å². The molecule has 1 heterocycles. The van der Waals surface area contributed by atoms with Gasteiger partial charge < -0.3 is 0 Å². The van der Waals surface area contributed by atoms with Crippen molar-refractivity contribution in [3.05, 3.63) is 76.2 Å². The molecule has 3 rings (SSSR count). The van der Waals surface area contributed by atoms with Crippen molar-refractivity contribution in [1.29, 1.82) is 0 Å². The average molecular weight is 362 g/mol. The fourth-order valence-electron chi connectivity index (χ4n) is 2.92. The maximum atomic E-state index is 12.8. The number of aromatic nitrogens is 2. The number of benzene rings is 2. The van der Waals surface area contributed by atoms with Crippen molar-refractivity contribution in [1.82, 2.24) is 15.2 Å². The molecule has 1 N–H and O–H groups in total. The summed E-state index contributed by atoms with van der Waals surface area (Å²) in [4.78, 5) is 25.2. The Morgan fingerprint density at radius 2 is 1.70 bits per heavy atom. The maximum Gasteiger partial charge on any atom is 0.292 e. The zero-order chi connectivity index (χ0) is 19.2. The molecule has 6 nitrogen and oxygen atoms in total. The lowest BCUT2D eigenvalue weighted by atomic mass is 10.1. The lowest BCUT2D eigenvalue weighted by Gasteiger charge is -2.09. The highest BCUT2D eigenvalue weighted by Gasteiger charge is 2.16. The monoisotopic (exact) mass is 362 g/mol. The van der Waals surface area contributed by atoms with Gasteiger partial charge in [0.2, 0.25) is 0 Å². The summed E-state index contributed by atoms with van der Waals surface area (Å²) < 4.78 is 1.30. The summed E-state index contributed by atoms with van der Waals surface area (Å²) >= 11 is 0. The Kier molecular flexibility index (Phi) is 5.76. The minimum Gasteiger partial charge on any atom is -0.267 e. The molecule has 0 fully saturated rings. The highest BCUT2D eigenvalue weighted by Crippen LogP contribution is 2.13. The molecule has 0 saturated heterocycles. The van der Waals surface area contributed by atoms with Crippen LogP contribution in [0.4, 0.5) is 0 Å². The third-order valence-corrected chi connectivity index (χ3v) is 4.27. The minimum absolute atomic E-state index is 0.194. The van der Waals surface area contributed by atoms with Crippen LogP contribution in [0.2, 0.25) is 0 Å². The molecular formula is C21H22N4O2. The van der Waals surface area contributed by atoms with Crippen LogP contribution in [-0.4, -0.2) is 21.4 Å². The summed E-state index contributed by atoms with van der Waals surface area (Å²) in [5.41, 5.74) is 4.38. The van der Waals surface area contributed by atoms with E-state index < -0.39 is 5.91 Å². The second kappa shape index (κ2) is 8.40. The van der Waals surface area contributed by atoms with Crippen molar-refractivity contribution >= 4 is 22.4 Å². The molecule has 138 valence electrons.